The van der Waals surface area contributed by atoms with Crippen molar-refractivity contribution in [1.82, 2.24) is 4.98 Å². The van der Waals surface area contributed by atoms with E-state index in [-0.39, 0.29) is 5.97 Å². The zero-order chi connectivity index (χ0) is 24.8. The maximum absolute atomic E-state index is 13.5. The van der Waals surface area contributed by atoms with E-state index in [1.54, 1.807) is 37.3 Å². The van der Waals surface area contributed by atoms with E-state index in [9.17, 15) is 18.7 Å². The third-order valence-electron chi connectivity index (χ3n) is 5.69. The topological polar surface area (TPSA) is 59.4 Å². The van der Waals surface area contributed by atoms with Crippen molar-refractivity contribution in [2.75, 3.05) is 6.61 Å². The summed E-state index contributed by atoms with van der Waals surface area (Å²) in [6.45, 7) is 2.07. The molecule has 178 valence electrons. The molecule has 1 N–H and O–H groups in total. The molecule has 0 aliphatic heterocycles. The molecule has 4 rings (SSSR count). The molecule has 1 unspecified atom stereocenters. The smallest absolute Gasteiger partial charge is 0.338 e. The minimum absolute atomic E-state index is 0.306. The first-order valence-electron chi connectivity index (χ1n) is 11.4. The lowest BCUT2D eigenvalue weighted by molar-refractivity contribution is 0.0524. The molecule has 0 aliphatic rings. The minimum Gasteiger partial charge on any atom is -0.462 e. The summed E-state index contributed by atoms with van der Waals surface area (Å²) in [5, 5.41) is 11.3. The Morgan fingerprint density at radius 3 is 2.63 bits per heavy atom. The second kappa shape index (κ2) is 11.0. The molecule has 35 heavy (non-hydrogen) atoms. The van der Waals surface area contributed by atoms with Gasteiger partial charge in [-0.3, -0.25) is 0 Å². The van der Waals surface area contributed by atoms with Gasteiger partial charge >= 0.3 is 5.97 Å². The van der Waals surface area contributed by atoms with Crippen LogP contribution in [0, 0.1) is 11.6 Å². The van der Waals surface area contributed by atoms with Crippen LogP contribution in [-0.2, 0) is 11.2 Å². The van der Waals surface area contributed by atoms with E-state index >= 15 is 0 Å². The first kappa shape index (κ1) is 24.2. The lowest BCUT2D eigenvalue weighted by atomic mass is 9.97. The number of pyridine rings is 1. The van der Waals surface area contributed by atoms with Gasteiger partial charge in [0.05, 0.1) is 29.5 Å². The highest BCUT2D eigenvalue weighted by molar-refractivity contribution is 5.91. The van der Waals surface area contributed by atoms with E-state index in [2.05, 4.69) is 4.98 Å². The predicted molar refractivity (Wildman–Crippen MR) is 133 cm³/mol. The zero-order valence-corrected chi connectivity index (χ0v) is 19.2. The van der Waals surface area contributed by atoms with Crippen molar-refractivity contribution in [2.45, 2.75) is 25.9 Å². The van der Waals surface area contributed by atoms with Crippen LogP contribution < -0.4 is 0 Å². The Labute approximate surface area is 202 Å². The monoisotopic (exact) mass is 473 g/mol. The Balaban J connectivity index is 1.45. The van der Waals surface area contributed by atoms with E-state index in [0.29, 0.717) is 41.6 Å². The third-order valence-corrected chi connectivity index (χ3v) is 5.69. The summed E-state index contributed by atoms with van der Waals surface area (Å²) < 4.78 is 32.1. The molecule has 0 spiro atoms. The third kappa shape index (κ3) is 5.97. The number of fused-ring (bicyclic) bond motifs is 1. The Morgan fingerprint density at radius 2 is 1.80 bits per heavy atom. The van der Waals surface area contributed by atoms with Gasteiger partial charge in [0.2, 0.25) is 0 Å². The molecule has 0 fully saturated rings. The second-order valence-electron chi connectivity index (χ2n) is 8.13. The molecule has 4 aromatic rings. The summed E-state index contributed by atoms with van der Waals surface area (Å²) in [4.78, 5) is 16.6. The van der Waals surface area contributed by atoms with Gasteiger partial charge in [-0.05, 0) is 66.8 Å². The van der Waals surface area contributed by atoms with E-state index < -0.39 is 17.7 Å². The SMILES string of the molecule is CCOC(=O)c1ccccc1CCC(O)c1cccc(/C=C/c2ccc3cc(F)c(F)cc3n2)c1. The zero-order valence-electron chi connectivity index (χ0n) is 19.2. The van der Waals surface area contributed by atoms with Crippen molar-refractivity contribution >= 4 is 29.0 Å². The molecule has 0 bridgehead atoms. The summed E-state index contributed by atoms with van der Waals surface area (Å²) in [6.07, 6.45) is 3.88. The van der Waals surface area contributed by atoms with Crippen LogP contribution in [0.5, 0.6) is 0 Å². The first-order valence-corrected chi connectivity index (χ1v) is 11.4. The van der Waals surface area contributed by atoms with Crippen LogP contribution in [0.1, 0.15) is 52.2 Å². The van der Waals surface area contributed by atoms with Crippen molar-refractivity contribution in [3.8, 4) is 0 Å². The molecule has 0 aliphatic carbocycles. The highest BCUT2D eigenvalue weighted by Crippen LogP contribution is 2.23. The van der Waals surface area contributed by atoms with E-state index in [4.69, 9.17) is 4.74 Å². The maximum atomic E-state index is 13.5. The number of aromatic nitrogens is 1. The van der Waals surface area contributed by atoms with Crippen LogP contribution in [0.15, 0.2) is 72.8 Å². The lowest BCUT2D eigenvalue weighted by Crippen LogP contribution is -2.09. The second-order valence-corrected chi connectivity index (χ2v) is 8.13. The number of aliphatic hydroxyl groups is 1. The van der Waals surface area contributed by atoms with Crippen LogP contribution in [0.4, 0.5) is 8.78 Å². The van der Waals surface area contributed by atoms with E-state index in [0.717, 1.165) is 28.8 Å². The predicted octanol–water partition coefficient (Wildman–Crippen LogP) is 6.53. The largest absolute Gasteiger partial charge is 0.462 e. The van der Waals surface area contributed by atoms with Crippen LogP contribution in [0.3, 0.4) is 0 Å². The highest BCUT2D eigenvalue weighted by atomic mass is 19.2. The summed E-state index contributed by atoms with van der Waals surface area (Å²) in [6, 6.07) is 20.4. The number of hydrogen-bond donors (Lipinski definition) is 1. The van der Waals surface area contributed by atoms with Crippen LogP contribution in [-0.4, -0.2) is 22.7 Å². The molecule has 0 radical (unpaired) electrons. The number of nitrogens with zero attached hydrogens (tertiary/aromatic N) is 1. The average Bonchev–Trinajstić information content (AvgIpc) is 2.87. The van der Waals surface area contributed by atoms with Gasteiger partial charge in [-0.2, -0.15) is 0 Å². The normalized spacial score (nSPS) is 12.2. The number of hydrogen-bond acceptors (Lipinski definition) is 4. The van der Waals surface area contributed by atoms with Gasteiger partial charge in [0.1, 0.15) is 0 Å². The van der Waals surface area contributed by atoms with Crippen molar-refractivity contribution in [3.63, 3.8) is 0 Å². The van der Waals surface area contributed by atoms with Gasteiger partial charge in [0, 0.05) is 11.5 Å². The number of carbonyl (C=O) groups excluding carboxylic acids is 1. The van der Waals surface area contributed by atoms with Crippen molar-refractivity contribution in [1.29, 1.82) is 0 Å². The molecule has 6 heteroatoms. The van der Waals surface area contributed by atoms with Gasteiger partial charge in [0.15, 0.2) is 11.6 Å². The fraction of sp³-hybridized carbons (Fsp3) is 0.172. The van der Waals surface area contributed by atoms with Crippen molar-refractivity contribution in [3.05, 3.63) is 112 Å². The molecule has 0 saturated heterocycles. The summed E-state index contributed by atoms with van der Waals surface area (Å²) in [5.41, 5.74) is 3.94. The quantitative estimate of drug-likeness (QED) is 0.296. The lowest BCUT2D eigenvalue weighted by Gasteiger charge is -2.13. The first-order chi connectivity index (χ1) is 16.9. The van der Waals surface area contributed by atoms with E-state index in [1.165, 1.54) is 0 Å². The standard InChI is InChI=1S/C29H25F2NO3/c1-2-35-29(34)24-9-4-3-7-20(24)12-15-28(33)22-8-5-6-19(16-22)10-13-23-14-11-21-17-25(30)26(31)18-27(21)32-23/h3-11,13-14,16-18,28,33H,2,12,15H2,1H3/b13-10+. The number of halogens is 2. The Morgan fingerprint density at radius 1 is 1.00 bits per heavy atom. The average molecular weight is 474 g/mol. The maximum Gasteiger partial charge on any atom is 0.338 e. The molecule has 1 heterocycles. The number of benzene rings is 3. The van der Waals surface area contributed by atoms with Gasteiger partial charge in [-0.25, -0.2) is 18.6 Å². The number of aryl methyl sites for hydroxylation is 1. The fourth-order valence-electron chi connectivity index (χ4n) is 3.88. The van der Waals surface area contributed by atoms with Crippen molar-refractivity contribution in [2.24, 2.45) is 0 Å². The number of carbonyl (C=O) groups is 1. The molecule has 3 aromatic carbocycles. The summed E-state index contributed by atoms with van der Waals surface area (Å²) in [7, 11) is 0. The van der Waals surface area contributed by atoms with Gasteiger partial charge < -0.3 is 9.84 Å². The minimum atomic E-state index is -0.933. The molecule has 1 atom stereocenters. The van der Waals surface area contributed by atoms with Crippen molar-refractivity contribution < 1.29 is 23.4 Å². The van der Waals surface area contributed by atoms with Gasteiger partial charge in [-0.1, -0.05) is 48.5 Å². The Kier molecular flexibility index (Phi) is 7.63. The van der Waals surface area contributed by atoms with E-state index in [1.807, 2.05) is 42.5 Å². The van der Waals surface area contributed by atoms with Crippen LogP contribution in [0.2, 0.25) is 0 Å². The Hall–Kier alpha value is -3.90. The number of rotatable bonds is 8. The summed E-state index contributed by atoms with van der Waals surface area (Å²) in [5.74, 6) is -2.19. The number of esters is 1. The fourth-order valence-corrected chi connectivity index (χ4v) is 3.88. The molecular formula is C29H25F2NO3. The van der Waals surface area contributed by atoms with Crippen LogP contribution in [0.25, 0.3) is 23.1 Å². The Bertz CT molecular complexity index is 1380. The molecular weight excluding hydrogens is 448 g/mol. The summed E-state index contributed by atoms with van der Waals surface area (Å²) >= 11 is 0. The molecule has 0 amide bonds. The van der Waals surface area contributed by atoms with Gasteiger partial charge in [-0.15, -0.1) is 0 Å². The number of aliphatic hydroxyl groups excluding tert-OH is 1. The molecule has 1 aromatic heterocycles. The number of ether oxygens (including phenoxy) is 1. The molecule has 0 saturated carbocycles. The molecule has 4 nitrogen and oxygen atoms in total. The van der Waals surface area contributed by atoms with Crippen LogP contribution >= 0.6 is 0 Å². The highest BCUT2D eigenvalue weighted by Gasteiger charge is 2.14. The van der Waals surface area contributed by atoms with Gasteiger partial charge in [0.25, 0.3) is 0 Å².